The van der Waals surface area contributed by atoms with E-state index in [9.17, 15) is 4.79 Å². The molecule has 2 saturated heterocycles. The molecule has 1 aromatic heterocycles. The first-order valence-corrected chi connectivity index (χ1v) is 5.63. The highest BCUT2D eigenvalue weighted by molar-refractivity contribution is 5.84. The Bertz CT molecular complexity index is 405. The Morgan fingerprint density at radius 1 is 1.44 bits per heavy atom. The van der Waals surface area contributed by atoms with Gasteiger partial charge in [0.1, 0.15) is 0 Å². The number of carboxylic acid groups (broad SMARTS) is 1. The Kier molecular flexibility index (Phi) is 2.17. The molecule has 2 N–H and O–H groups in total. The maximum absolute atomic E-state index is 10.7. The molecule has 2 aliphatic rings. The fourth-order valence-electron chi connectivity index (χ4n) is 2.80. The van der Waals surface area contributed by atoms with Crippen molar-refractivity contribution in [1.29, 1.82) is 0 Å². The molecule has 16 heavy (non-hydrogen) atoms. The minimum absolute atomic E-state index is 0.0332. The molecule has 0 aromatic carbocycles. The third kappa shape index (κ3) is 1.59. The highest BCUT2D eigenvalue weighted by Gasteiger charge is 2.34. The third-order valence-corrected chi connectivity index (χ3v) is 3.55. The number of fused-ring (bicyclic) bond motifs is 2. The molecule has 0 radical (unpaired) electrons. The lowest BCUT2D eigenvalue weighted by molar-refractivity contribution is 0.0690. The van der Waals surface area contributed by atoms with Gasteiger partial charge in [-0.3, -0.25) is 0 Å². The SMILES string of the molecule is O=C(O)c1cn(C2C[C@H]3CC[C@H](C2)N3)nn1. The number of nitrogens with zero attached hydrogens (tertiary/aromatic N) is 3. The van der Waals surface area contributed by atoms with Crippen LogP contribution in [0.4, 0.5) is 0 Å². The Hall–Kier alpha value is -1.43. The highest BCUT2D eigenvalue weighted by atomic mass is 16.4. The van der Waals surface area contributed by atoms with Gasteiger partial charge in [-0.05, 0) is 25.7 Å². The van der Waals surface area contributed by atoms with Crippen LogP contribution in [0.3, 0.4) is 0 Å². The van der Waals surface area contributed by atoms with Gasteiger partial charge in [-0.1, -0.05) is 5.21 Å². The van der Waals surface area contributed by atoms with Gasteiger partial charge in [0.05, 0.1) is 12.2 Å². The minimum atomic E-state index is -1.01. The second-order valence-electron chi connectivity index (χ2n) is 4.65. The van der Waals surface area contributed by atoms with Crippen LogP contribution in [0.5, 0.6) is 0 Å². The second-order valence-corrected chi connectivity index (χ2v) is 4.65. The molecule has 0 amide bonds. The molecular weight excluding hydrogens is 208 g/mol. The van der Waals surface area contributed by atoms with Crippen LogP contribution in [0, 0.1) is 0 Å². The van der Waals surface area contributed by atoms with E-state index in [4.69, 9.17) is 5.11 Å². The third-order valence-electron chi connectivity index (χ3n) is 3.55. The first-order valence-electron chi connectivity index (χ1n) is 5.63. The molecule has 6 nitrogen and oxygen atoms in total. The molecule has 2 fully saturated rings. The Labute approximate surface area is 92.6 Å². The number of nitrogens with one attached hydrogen (secondary N) is 1. The largest absolute Gasteiger partial charge is 0.476 e. The summed E-state index contributed by atoms with van der Waals surface area (Å²) >= 11 is 0. The quantitative estimate of drug-likeness (QED) is 0.758. The fourth-order valence-corrected chi connectivity index (χ4v) is 2.80. The van der Waals surface area contributed by atoms with E-state index < -0.39 is 5.97 Å². The molecule has 2 atom stereocenters. The van der Waals surface area contributed by atoms with Gasteiger partial charge in [0, 0.05) is 12.1 Å². The zero-order valence-corrected chi connectivity index (χ0v) is 8.83. The molecule has 3 heterocycles. The summed E-state index contributed by atoms with van der Waals surface area (Å²) in [5.41, 5.74) is 0.0332. The Balaban J connectivity index is 1.79. The van der Waals surface area contributed by atoms with Gasteiger partial charge in [-0.25, -0.2) is 9.48 Å². The first-order chi connectivity index (χ1) is 7.72. The second kappa shape index (κ2) is 3.55. The van der Waals surface area contributed by atoms with E-state index in [1.54, 1.807) is 4.68 Å². The van der Waals surface area contributed by atoms with Crippen LogP contribution in [0.15, 0.2) is 6.20 Å². The summed E-state index contributed by atoms with van der Waals surface area (Å²) in [7, 11) is 0. The number of aromatic carboxylic acids is 1. The maximum atomic E-state index is 10.7. The van der Waals surface area contributed by atoms with E-state index in [-0.39, 0.29) is 5.69 Å². The van der Waals surface area contributed by atoms with Gasteiger partial charge in [0.2, 0.25) is 0 Å². The summed E-state index contributed by atoms with van der Waals surface area (Å²) in [6.45, 7) is 0. The zero-order chi connectivity index (χ0) is 11.1. The number of hydrogen-bond acceptors (Lipinski definition) is 4. The molecule has 0 unspecified atom stereocenters. The smallest absolute Gasteiger partial charge is 0.358 e. The summed E-state index contributed by atoms with van der Waals surface area (Å²) in [6.07, 6.45) is 6.04. The normalized spacial score (nSPS) is 32.9. The monoisotopic (exact) mass is 222 g/mol. The lowest BCUT2D eigenvalue weighted by Crippen LogP contribution is -2.39. The molecule has 0 aliphatic carbocycles. The molecule has 3 rings (SSSR count). The van der Waals surface area contributed by atoms with Crippen LogP contribution < -0.4 is 5.32 Å². The van der Waals surface area contributed by atoms with Crippen molar-refractivity contribution >= 4 is 5.97 Å². The maximum Gasteiger partial charge on any atom is 0.358 e. The number of carboxylic acids is 1. The van der Waals surface area contributed by atoms with Gasteiger partial charge in [0.15, 0.2) is 5.69 Å². The molecule has 0 saturated carbocycles. The molecule has 86 valence electrons. The molecule has 6 heteroatoms. The van der Waals surface area contributed by atoms with Crippen molar-refractivity contribution < 1.29 is 9.90 Å². The average Bonchev–Trinajstić information content (AvgIpc) is 2.85. The van der Waals surface area contributed by atoms with Gasteiger partial charge in [-0.2, -0.15) is 0 Å². The Morgan fingerprint density at radius 2 is 2.12 bits per heavy atom. The molecule has 0 spiro atoms. The summed E-state index contributed by atoms with van der Waals surface area (Å²) in [5.74, 6) is -1.01. The van der Waals surface area contributed by atoms with Gasteiger partial charge in [-0.15, -0.1) is 5.10 Å². The first kappa shape index (κ1) is 9.77. The summed E-state index contributed by atoms with van der Waals surface area (Å²) < 4.78 is 1.72. The number of rotatable bonds is 2. The lowest BCUT2D eigenvalue weighted by atomic mass is 10.0. The molecule has 2 aliphatic heterocycles. The van der Waals surface area contributed by atoms with Crippen molar-refractivity contribution in [1.82, 2.24) is 20.3 Å². The summed E-state index contributed by atoms with van der Waals surface area (Å²) in [6, 6.07) is 1.45. The minimum Gasteiger partial charge on any atom is -0.476 e. The number of piperidine rings is 1. The van der Waals surface area contributed by atoms with Gasteiger partial charge in [0.25, 0.3) is 0 Å². The van der Waals surface area contributed by atoms with E-state index in [0.717, 1.165) is 12.8 Å². The van der Waals surface area contributed by atoms with E-state index >= 15 is 0 Å². The van der Waals surface area contributed by atoms with E-state index in [0.29, 0.717) is 18.1 Å². The van der Waals surface area contributed by atoms with Gasteiger partial charge < -0.3 is 10.4 Å². The number of aromatic nitrogens is 3. The van der Waals surface area contributed by atoms with E-state index in [1.165, 1.54) is 19.0 Å². The standard InChI is InChI=1S/C10H14N4O2/c15-10(16)9-5-14(13-12-9)8-3-6-1-2-7(4-8)11-6/h5-8,11H,1-4H2,(H,15,16)/t6-,7-/m1/s1. The van der Waals surface area contributed by atoms with Crippen molar-refractivity contribution in [3.05, 3.63) is 11.9 Å². The number of carbonyl (C=O) groups is 1. The van der Waals surface area contributed by atoms with Crippen LogP contribution in [-0.2, 0) is 0 Å². The lowest BCUT2D eigenvalue weighted by Gasteiger charge is -2.28. The van der Waals surface area contributed by atoms with Crippen LogP contribution in [0.1, 0.15) is 42.2 Å². The van der Waals surface area contributed by atoms with Crippen LogP contribution in [-0.4, -0.2) is 38.2 Å². The zero-order valence-electron chi connectivity index (χ0n) is 8.83. The van der Waals surface area contributed by atoms with Crippen molar-refractivity contribution in [2.75, 3.05) is 0 Å². The van der Waals surface area contributed by atoms with Crippen LogP contribution in [0.25, 0.3) is 0 Å². The molecule has 1 aromatic rings. The molecule has 2 bridgehead atoms. The Morgan fingerprint density at radius 3 is 2.69 bits per heavy atom. The predicted octanol–water partition coefficient (Wildman–Crippen LogP) is 0.432. The fraction of sp³-hybridized carbons (Fsp3) is 0.700. The predicted molar refractivity (Wildman–Crippen MR) is 55.2 cm³/mol. The topological polar surface area (TPSA) is 80.0 Å². The molecular formula is C10H14N4O2. The van der Waals surface area contributed by atoms with Crippen molar-refractivity contribution in [2.45, 2.75) is 43.8 Å². The van der Waals surface area contributed by atoms with Crippen molar-refractivity contribution in [2.24, 2.45) is 0 Å². The van der Waals surface area contributed by atoms with E-state index in [2.05, 4.69) is 15.6 Å². The van der Waals surface area contributed by atoms with E-state index in [1.807, 2.05) is 0 Å². The van der Waals surface area contributed by atoms with Crippen LogP contribution in [0.2, 0.25) is 0 Å². The van der Waals surface area contributed by atoms with Crippen LogP contribution >= 0.6 is 0 Å². The number of hydrogen-bond donors (Lipinski definition) is 2. The summed E-state index contributed by atoms with van der Waals surface area (Å²) in [4.78, 5) is 10.7. The van der Waals surface area contributed by atoms with Crippen molar-refractivity contribution in [3.8, 4) is 0 Å². The van der Waals surface area contributed by atoms with Gasteiger partial charge >= 0.3 is 5.97 Å². The van der Waals surface area contributed by atoms with Crippen molar-refractivity contribution in [3.63, 3.8) is 0 Å². The average molecular weight is 222 g/mol. The highest BCUT2D eigenvalue weighted by Crippen LogP contribution is 2.33. The summed E-state index contributed by atoms with van der Waals surface area (Å²) in [5, 5.41) is 19.9.